The summed E-state index contributed by atoms with van der Waals surface area (Å²) in [4.78, 5) is 14.3. The lowest BCUT2D eigenvalue weighted by molar-refractivity contribution is -0.134. The molecule has 0 radical (unpaired) electrons. The number of hydrogen-bond acceptors (Lipinski definition) is 3. The molecule has 1 amide bonds. The number of carbonyl (C=O) groups excluding carboxylic acids is 1. The van der Waals surface area contributed by atoms with Crippen molar-refractivity contribution in [2.45, 2.75) is 31.6 Å². The molecule has 2 atom stereocenters. The summed E-state index contributed by atoms with van der Waals surface area (Å²) in [5, 5.41) is 9.00. The van der Waals surface area contributed by atoms with Crippen molar-refractivity contribution < 1.29 is 22.7 Å². The van der Waals surface area contributed by atoms with Crippen molar-refractivity contribution in [1.29, 1.82) is 5.26 Å². The first-order valence-corrected chi connectivity index (χ1v) is 10.6. The van der Waals surface area contributed by atoms with Crippen LogP contribution in [0.1, 0.15) is 47.2 Å². The van der Waals surface area contributed by atoms with Crippen LogP contribution in [0.2, 0.25) is 0 Å². The molecule has 33 heavy (non-hydrogen) atoms. The number of rotatable bonds is 7. The quantitative estimate of drug-likeness (QED) is 0.471. The highest BCUT2D eigenvalue weighted by Gasteiger charge is 2.36. The fraction of sp³-hybridized carbons (Fsp3) is 0.231. The summed E-state index contributed by atoms with van der Waals surface area (Å²) in [6.45, 7) is 0.580. The van der Waals surface area contributed by atoms with Gasteiger partial charge in [-0.3, -0.25) is 4.79 Å². The van der Waals surface area contributed by atoms with Crippen molar-refractivity contribution in [3.05, 3.63) is 106 Å². The molecule has 4 nitrogen and oxygen atoms in total. The molecule has 0 aliphatic carbocycles. The van der Waals surface area contributed by atoms with E-state index in [9.17, 15) is 18.0 Å². The van der Waals surface area contributed by atoms with Gasteiger partial charge in [-0.2, -0.15) is 5.26 Å². The van der Waals surface area contributed by atoms with Crippen molar-refractivity contribution in [2.75, 3.05) is 6.54 Å². The number of ether oxygens (including phenoxy) is 1. The molecule has 1 aliphatic heterocycles. The van der Waals surface area contributed by atoms with Crippen LogP contribution in [0, 0.1) is 28.8 Å². The Morgan fingerprint density at radius 1 is 0.939 bits per heavy atom. The van der Waals surface area contributed by atoms with E-state index in [0.717, 1.165) is 17.7 Å². The highest BCUT2D eigenvalue weighted by atomic mass is 19.2. The smallest absolute Gasteiger partial charge is 0.223 e. The zero-order chi connectivity index (χ0) is 23.4. The van der Waals surface area contributed by atoms with Gasteiger partial charge in [0.25, 0.3) is 0 Å². The van der Waals surface area contributed by atoms with Gasteiger partial charge in [0.2, 0.25) is 5.91 Å². The third kappa shape index (κ3) is 5.07. The van der Waals surface area contributed by atoms with Gasteiger partial charge in [0.05, 0.1) is 24.3 Å². The average molecular weight is 450 g/mol. The summed E-state index contributed by atoms with van der Waals surface area (Å²) < 4.78 is 47.7. The van der Waals surface area contributed by atoms with Gasteiger partial charge in [0.1, 0.15) is 11.9 Å². The van der Waals surface area contributed by atoms with Crippen molar-refractivity contribution in [1.82, 2.24) is 4.90 Å². The highest BCUT2D eigenvalue weighted by molar-refractivity contribution is 5.78. The topological polar surface area (TPSA) is 53.3 Å². The Morgan fingerprint density at radius 3 is 2.24 bits per heavy atom. The molecule has 0 saturated carbocycles. The third-order valence-corrected chi connectivity index (χ3v) is 5.73. The number of halogens is 3. The molecule has 1 fully saturated rings. The number of carbonyl (C=O) groups is 1. The second-order valence-corrected chi connectivity index (χ2v) is 7.90. The first-order valence-electron chi connectivity index (χ1n) is 10.6. The summed E-state index contributed by atoms with van der Waals surface area (Å²) >= 11 is 0. The minimum absolute atomic E-state index is 0.0844. The number of nitrogens with zero attached hydrogens (tertiary/aromatic N) is 2. The lowest BCUT2D eigenvalue weighted by Gasteiger charge is -2.35. The fourth-order valence-corrected chi connectivity index (χ4v) is 4.06. The zero-order valence-electron chi connectivity index (χ0n) is 17.7. The Kier molecular flexibility index (Phi) is 6.76. The van der Waals surface area contributed by atoms with Gasteiger partial charge in [0, 0.05) is 13.0 Å². The first-order chi connectivity index (χ1) is 16.0. The Hall–Kier alpha value is -3.63. The van der Waals surface area contributed by atoms with Gasteiger partial charge in [-0.15, -0.1) is 0 Å². The van der Waals surface area contributed by atoms with Crippen LogP contribution in [0.25, 0.3) is 0 Å². The van der Waals surface area contributed by atoms with E-state index in [1.165, 1.54) is 18.2 Å². The van der Waals surface area contributed by atoms with Crippen LogP contribution in [-0.2, 0) is 16.1 Å². The third-order valence-electron chi connectivity index (χ3n) is 5.73. The maximum atomic E-state index is 14.2. The van der Waals surface area contributed by atoms with Crippen LogP contribution < -0.4 is 0 Å². The molecule has 1 saturated heterocycles. The van der Waals surface area contributed by atoms with Crippen LogP contribution in [0.5, 0.6) is 0 Å². The van der Waals surface area contributed by atoms with Crippen LogP contribution in [-0.4, -0.2) is 17.4 Å². The summed E-state index contributed by atoms with van der Waals surface area (Å²) in [5.74, 6) is -2.52. The van der Waals surface area contributed by atoms with E-state index >= 15 is 0 Å². The van der Waals surface area contributed by atoms with Gasteiger partial charge < -0.3 is 9.64 Å². The van der Waals surface area contributed by atoms with Crippen molar-refractivity contribution >= 4 is 5.91 Å². The van der Waals surface area contributed by atoms with Crippen LogP contribution >= 0.6 is 0 Å². The maximum Gasteiger partial charge on any atom is 0.223 e. The molecular weight excluding hydrogens is 429 g/mol. The van der Waals surface area contributed by atoms with Crippen LogP contribution in [0.3, 0.4) is 0 Å². The van der Waals surface area contributed by atoms with E-state index in [0.29, 0.717) is 36.1 Å². The Morgan fingerprint density at radius 2 is 1.64 bits per heavy atom. The zero-order valence-corrected chi connectivity index (χ0v) is 17.7. The van der Waals surface area contributed by atoms with Gasteiger partial charge in [0.15, 0.2) is 11.6 Å². The van der Waals surface area contributed by atoms with E-state index < -0.39 is 29.6 Å². The Labute approximate surface area is 189 Å². The second kappa shape index (κ2) is 9.88. The molecular formula is C26H21F3N2O2. The summed E-state index contributed by atoms with van der Waals surface area (Å²) in [7, 11) is 0. The lowest BCUT2D eigenvalue weighted by atomic mass is 9.94. The molecule has 7 heteroatoms. The lowest BCUT2D eigenvalue weighted by Crippen LogP contribution is -2.35. The molecule has 3 aromatic rings. The van der Waals surface area contributed by atoms with Gasteiger partial charge in [-0.05, 0) is 59.5 Å². The van der Waals surface area contributed by atoms with Crippen LogP contribution in [0.15, 0.2) is 66.7 Å². The molecule has 1 unspecified atom stereocenters. The van der Waals surface area contributed by atoms with E-state index in [1.807, 2.05) is 6.07 Å². The monoisotopic (exact) mass is 450 g/mol. The maximum absolute atomic E-state index is 14.2. The van der Waals surface area contributed by atoms with E-state index in [4.69, 9.17) is 10.00 Å². The predicted octanol–water partition coefficient (Wildman–Crippen LogP) is 5.60. The SMILES string of the molecule is N#Cc1ccc(COC(c2ccc(F)c(F)c2)[C@H](c2ccc(F)cc2)N2CCCC2=O)cc1. The van der Waals surface area contributed by atoms with Gasteiger partial charge in [-0.1, -0.05) is 30.3 Å². The van der Waals surface area contributed by atoms with E-state index in [1.54, 1.807) is 41.3 Å². The van der Waals surface area contributed by atoms with E-state index in [2.05, 4.69) is 0 Å². The molecule has 0 N–H and O–H groups in total. The predicted molar refractivity (Wildman–Crippen MR) is 115 cm³/mol. The molecule has 0 aromatic heterocycles. The molecule has 1 heterocycles. The average Bonchev–Trinajstić information content (AvgIpc) is 3.25. The first kappa shape index (κ1) is 22.6. The Bertz CT molecular complexity index is 1170. The molecule has 1 aliphatic rings. The van der Waals surface area contributed by atoms with Gasteiger partial charge in [-0.25, -0.2) is 13.2 Å². The summed E-state index contributed by atoms with van der Waals surface area (Å²) in [5.41, 5.74) is 2.26. The van der Waals surface area contributed by atoms with Crippen molar-refractivity contribution in [3.63, 3.8) is 0 Å². The number of nitriles is 1. The van der Waals surface area contributed by atoms with Crippen molar-refractivity contribution in [2.24, 2.45) is 0 Å². The minimum atomic E-state index is -1.02. The minimum Gasteiger partial charge on any atom is -0.366 e. The standard InChI is InChI=1S/C26H21F3N2O2/c27-21-10-7-19(8-11-21)25(31-13-1-2-24(31)32)26(20-9-12-22(28)23(29)14-20)33-16-18-5-3-17(15-30)4-6-18/h3-12,14,25-26H,1-2,13,16H2/t25-,26?/m0/s1. The van der Waals surface area contributed by atoms with Gasteiger partial charge >= 0.3 is 0 Å². The second-order valence-electron chi connectivity index (χ2n) is 7.90. The summed E-state index contributed by atoms with van der Waals surface area (Å²) in [6.07, 6.45) is 0.192. The Balaban J connectivity index is 1.74. The van der Waals surface area contributed by atoms with Crippen molar-refractivity contribution in [3.8, 4) is 6.07 Å². The summed E-state index contributed by atoms with van der Waals surface area (Å²) in [6, 6.07) is 17.5. The molecule has 3 aromatic carbocycles. The van der Waals surface area contributed by atoms with Crippen LogP contribution in [0.4, 0.5) is 13.2 Å². The largest absolute Gasteiger partial charge is 0.366 e. The number of hydrogen-bond donors (Lipinski definition) is 0. The number of benzene rings is 3. The molecule has 0 spiro atoms. The normalized spacial score (nSPS) is 15.3. The van der Waals surface area contributed by atoms with E-state index in [-0.39, 0.29) is 12.5 Å². The molecule has 0 bridgehead atoms. The number of amides is 1. The molecule has 168 valence electrons. The highest BCUT2D eigenvalue weighted by Crippen LogP contribution is 2.40. The molecule has 4 rings (SSSR count). The number of likely N-dealkylation sites (tertiary alicyclic amines) is 1. The fourth-order valence-electron chi connectivity index (χ4n) is 4.06.